The molecule has 1 rings (SSSR count). The summed E-state index contributed by atoms with van der Waals surface area (Å²) in [7, 11) is 0. The van der Waals surface area contributed by atoms with Crippen molar-refractivity contribution in [2.45, 2.75) is 63.5 Å². The van der Waals surface area contributed by atoms with Gasteiger partial charge in [0.2, 0.25) is 5.91 Å². The fourth-order valence-electron chi connectivity index (χ4n) is 2.38. The van der Waals surface area contributed by atoms with E-state index in [1.807, 2.05) is 11.8 Å². The molecule has 4 heteroatoms. The van der Waals surface area contributed by atoms with Crippen molar-refractivity contribution < 1.29 is 9.90 Å². The minimum absolute atomic E-state index is 0.0206. The molecule has 0 aromatic heterocycles. The monoisotopic (exact) mass is 273 g/mol. The lowest BCUT2D eigenvalue weighted by atomic mass is 10.0. The predicted octanol–water partition coefficient (Wildman–Crippen LogP) is 2.53. The molecule has 0 aromatic rings. The number of rotatable bonds is 5. The minimum atomic E-state index is -0.0206. The quantitative estimate of drug-likeness (QED) is 0.837. The highest BCUT2D eigenvalue weighted by Crippen LogP contribution is 2.28. The number of piperidine rings is 1. The van der Waals surface area contributed by atoms with Crippen LogP contribution in [-0.2, 0) is 4.79 Å². The van der Waals surface area contributed by atoms with Gasteiger partial charge in [0.25, 0.3) is 0 Å². The molecule has 1 aliphatic rings. The van der Waals surface area contributed by atoms with E-state index in [0.717, 1.165) is 19.4 Å². The largest absolute Gasteiger partial charge is 0.395 e. The van der Waals surface area contributed by atoms with Crippen LogP contribution in [0.25, 0.3) is 0 Å². The Morgan fingerprint density at radius 2 is 2.06 bits per heavy atom. The number of carbonyl (C=O) groups excluding carboxylic acids is 1. The third kappa shape index (κ3) is 4.16. The van der Waals surface area contributed by atoms with Crippen molar-refractivity contribution in [3.63, 3.8) is 0 Å². The third-order valence-electron chi connectivity index (χ3n) is 3.57. The maximum atomic E-state index is 12.6. The first-order valence-corrected chi connectivity index (χ1v) is 7.98. The van der Waals surface area contributed by atoms with Gasteiger partial charge in [-0.3, -0.25) is 4.79 Å². The number of amides is 1. The van der Waals surface area contributed by atoms with Crippen LogP contribution in [0.3, 0.4) is 0 Å². The van der Waals surface area contributed by atoms with Gasteiger partial charge in [0, 0.05) is 17.8 Å². The first kappa shape index (κ1) is 15.8. The van der Waals surface area contributed by atoms with Crippen molar-refractivity contribution in [3.8, 4) is 0 Å². The molecule has 0 aliphatic carbocycles. The van der Waals surface area contributed by atoms with E-state index in [-0.39, 0.29) is 23.0 Å². The molecule has 106 valence electrons. The van der Waals surface area contributed by atoms with Gasteiger partial charge in [-0.2, -0.15) is 0 Å². The van der Waals surface area contributed by atoms with Gasteiger partial charge in [0.05, 0.1) is 11.9 Å². The fourth-order valence-corrected chi connectivity index (χ4v) is 3.54. The van der Waals surface area contributed by atoms with Crippen LogP contribution in [0.1, 0.15) is 47.0 Å². The highest BCUT2D eigenvalue weighted by molar-refractivity contribution is 8.01. The van der Waals surface area contributed by atoms with Crippen molar-refractivity contribution in [2.24, 2.45) is 5.92 Å². The maximum Gasteiger partial charge on any atom is 0.236 e. The summed E-state index contributed by atoms with van der Waals surface area (Å²) in [5.41, 5.74) is 0. The van der Waals surface area contributed by atoms with Crippen molar-refractivity contribution in [1.29, 1.82) is 0 Å². The Bertz CT molecular complexity index is 271. The zero-order chi connectivity index (χ0) is 13.7. The molecule has 3 atom stereocenters. The van der Waals surface area contributed by atoms with Gasteiger partial charge in [-0.05, 0) is 32.1 Å². The van der Waals surface area contributed by atoms with Crippen LogP contribution in [0.5, 0.6) is 0 Å². The summed E-state index contributed by atoms with van der Waals surface area (Å²) in [6.45, 7) is 9.35. The fraction of sp³-hybridized carbons (Fsp3) is 0.929. The number of likely N-dealkylation sites (tertiary alicyclic amines) is 1. The van der Waals surface area contributed by atoms with E-state index in [2.05, 4.69) is 20.8 Å². The van der Waals surface area contributed by atoms with Crippen LogP contribution in [0, 0.1) is 5.92 Å². The zero-order valence-corrected chi connectivity index (χ0v) is 12.9. The lowest BCUT2D eigenvalue weighted by molar-refractivity contribution is -0.134. The molecule has 0 radical (unpaired) electrons. The van der Waals surface area contributed by atoms with Crippen LogP contribution in [0.4, 0.5) is 0 Å². The summed E-state index contributed by atoms with van der Waals surface area (Å²) in [6, 6.07) is 0.373. The molecule has 1 fully saturated rings. The van der Waals surface area contributed by atoms with Gasteiger partial charge in [-0.1, -0.05) is 20.8 Å². The molecule has 3 unspecified atom stereocenters. The number of thioether (sulfide) groups is 1. The normalized spacial score (nSPS) is 24.1. The van der Waals surface area contributed by atoms with Crippen LogP contribution >= 0.6 is 11.8 Å². The molecule has 1 saturated heterocycles. The number of nitrogens with zero attached hydrogens (tertiary/aromatic N) is 1. The van der Waals surface area contributed by atoms with Gasteiger partial charge in [-0.25, -0.2) is 0 Å². The van der Waals surface area contributed by atoms with Crippen molar-refractivity contribution in [3.05, 3.63) is 0 Å². The Morgan fingerprint density at radius 3 is 2.56 bits per heavy atom. The first-order valence-electron chi connectivity index (χ1n) is 7.04. The van der Waals surface area contributed by atoms with E-state index in [4.69, 9.17) is 5.11 Å². The molecule has 0 saturated carbocycles. The van der Waals surface area contributed by atoms with Gasteiger partial charge >= 0.3 is 0 Å². The molecule has 0 bridgehead atoms. The summed E-state index contributed by atoms with van der Waals surface area (Å²) in [6.07, 6.45) is 3.48. The first-order chi connectivity index (χ1) is 8.47. The average Bonchev–Trinajstić information content (AvgIpc) is 2.35. The second-order valence-electron chi connectivity index (χ2n) is 5.67. The number of aliphatic hydroxyl groups excluding tert-OH is 1. The zero-order valence-electron chi connectivity index (χ0n) is 12.1. The Labute approximate surface area is 115 Å². The molecular weight excluding hydrogens is 246 g/mol. The Kier molecular flexibility index (Phi) is 6.50. The summed E-state index contributed by atoms with van der Waals surface area (Å²) >= 11 is 1.62. The number of hydrogen-bond donors (Lipinski definition) is 1. The van der Waals surface area contributed by atoms with Crippen molar-refractivity contribution in [2.75, 3.05) is 13.2 Å². The van der Waals surface area contributed by atoms with Gasteiger partial charge in [-0.15, -0.1) is 11.8 Å². The Hall–Kier alpha value is -0.220. The van der Waals surface area contributed by atoms with Crippen LogP contribution in [0.15, 0.2) is 0 Å². The third-order valence-corrected chi connectivity index (χ3v) is 5.22. The Balaban J connectivity index is 2.69. The van der Waals surface area contributed by atoms with Crippen LogP contribution in [-0.4, -0.2) is 45.6 Å². The van der Waals surface area contributed by atoms with Gasteiger partial charge in [0.15, 0.2) is 0 Å². The summed E-state index contributed by atoms with van der Waals surface area (Å²) in [5.74, 6) is 0.577. The summed E-state index contributed by atoms with van der Waals surface area (Å²) < 4.78 is 0. The van der Waals surface area contributed by atoms with Crippen LogP contribution in [0.2, 0.25) is 0 Å². The highest BCUT2D eigenvalue weighted by Gasteiger charge is 2.32. The molecule has 18 heavy (non-hydrogen) atoms. The molecule has 1 heterocycles. The van der Waals surface area contributed by atoms with Crippen LogP contribution < -0.4 is 0 Å². The van der Waals surface area contributed by atoms with E-state index in [0.29, 0.717) is 12.0 Å². The SMILES string of the molecule is CC(CO)SC(C(=O)N1CCCCC1C)C(C)C. The number of aliphatic hydroxyl groups is 1. The molecule has 0 spiro atoms. The number of carbonyl (C=O) groups is 1. The number of hydrogen-bond acceptors (Lipinski definition) is 3. The molecule has 1 N–H and O–H groups in total. The van der Waals surface area contributed by atoms with Gasteiger partial charge < -0.3 is 10.0 Å². The second-order valence-corrected chi connectivity index (χ2v) is 7.26. The highest BCUT2D eigenvalue weighted by atomic mass is 32.2. The van der Waals surface area contributed by atoms with Crippen molar-refractivity contribution >= 4 is 17.7 Å². The van der Waals surface area contributed by atoms with E-state index < -0.39 is 0 Å². The maximum absolute atomic E-state index is 12.6. The van der Waals surface area contributed by atoms with E-state index in [1.54, 1.807) is 11.8 Å². The molecule has 0 aromatic carbocycles. The predicted molar refractivity (Wildman–Crippen MR) is 77.8 cm³/mol. The van der Waals surface area contributed by atoms with E-state index >= 15 is 0 Å². The van der Waals surface area contributed by atoms with E-state index in [1.165, 1.54) is 6.42 Å². The second kappa shape index (κ2) is 7.39. The van der Waals surface area contributed by atoms with Crippen molar-refractivity contribution in [1.82, 2.24) is 4.90 Å². The Morgan fingerprint density at radius 1 is 1.39 bits per heavy atom. The summed E-state index contributed by atoms with van der Waals surface area (Å²) in [5, 5.41) is 9.27. The summed E-state index contributed by atoms with van der Waals surface area (Å²) in [4.78, 5) is 14.7. The molecule has 1 amide bonds. The van der Waals surface area contributed by atoms with E-state index in [9.17, 15) is 4.79 Å². The molecule has 3 nitrogen and oxygen atoms in total. The topological polar surface area (TPSA) is 40.5 Å². The molecular formula is C14H27NO2S. The lowest BCUT2D eigenvalue weighted by Gasteiger charge is -2.37. The standard InChI is InChI=1S/C14H27NO2S/c1-10(2)13(18-12(4)9-16)14(17)15-8-6-5-7-11(15)3/h10-13,16H,5-9H2,1-4H3. The molecule has 1 aliphatic heterocycles. The van der Waals surface area contributed by atoms with Gasteiger partial charge in [0.1, 0.15) is 0 Å². The lowest BCUT2D eigenvalue weighted by Crippen LogP contribution is -2.47. The minimum Gasteiger partial charge on any atom is -0.395 e. The smallest absolute Gasteiger partial charge is 0.236 e. The average molecular weight is 273 g/mol.